The first-order valence-corrected chi connectivity index (χ1v) is 6.88. The molecule has 1 aliphatic rings. The monoisotopic (exact) mass is 232 g/mol. The maximum Gasteiger partial charge on any atom is 0.0234 e. The van der Waals surface area contributed by atoms with Crippen LogP contribution in [0.1, 0.15) is 31.7 Å². The van der Waals surface area contributed by atoms with Crippen molar-refractivity contribution in [3.05, 3.63) is 35.9 Å². The second kappa shape index (κ2) is 6.77. The lowest BCUT2D eigenvalue weighted by atomic mass is 10.0. The summed E-state index contributed by atoms with van der Waals surface area (Å²) >= 11 is 0. The SMILES string of the molecule is CCN(Cc1ccccc1)CC1CCCCN1. The Hall–Kier alpha value is -0.860. The van der Waals surface area contributed by atoms with Crippen LogP contribution in [0.4, 0.5) is 0 Å². The number of hydrogen-bond donors (Lipinski definition) is 1. The van der Waals surface area contributed by atoms with Gasteiger partial charge in [0.15, 0.2) is 0 Å². The van der Waals surface area contributed by atoms with Crippen molar-refractivity contribution in [1.82, 2.24) is 10.2 Å². The van der Waals surface area contributed by atoms with Crippen molar-refractivity contribution >= 4 is 0 Å². The minimum Gasteiger partial charge on any atom is -0.313 e. The van der Waals surface area contributed by atoms with Crippen LogP contribution in [0.3, 0.4) is 0 Å². The molecule has 0 aromatic heterocycles. The molecule has 0 aliphatic carbocycles. The molecular formula is C15H24N2. The molecular weight excluding hydrogens is 208 g/mol. The summed E-state index contributed by atoms with van der Waals surface area (Å²) in [6.07, 6.45) is 4.08. The van der Waals surface area contributed by atoms with Crippen LogP contribution in [0, 0.1) is 0 Å². The van der Waals surface area contributed by atoms with Gasteiger partial charge in [0.2, 0.25) is 0 Å². The van der Waals surface area contributed by atoms with E-state index in [1.54, 1.807) is 0 Å². The van der Waals surface area contributed by atoms with Crippen molar-refractivity contribution in [2.75, 3.05) is 19.6 Å². The fourth-order valence-electron chi connectivity index (χ4n) is 2.54. The molecule has 94 valence electrons. The highest BCUT2D eigenvalue weighted by atomic mass is 15.1. The first-order chi connectivity index (χ1) is 8.38. The summed E-state index contributed by atoms with van der Waals surface area (Å²) in [5.74, 6) is 0. The van der Waals surface area contributed by atoms with E-state index >= 15 is 0 Å². The van der Waals surface area contributed by atoms with Crippen LogP contribution in [-0.4, -0.2) is 30.6 Å². The molecule has 1 atom stereocenters. The van der Waals surface area contributed by atoms with E-state index in [2.05, 4.69) is 47.5 Å². The molecule has 0 radical (unpaired) electrons. The Morgan fingerprint density at radius 1 is 1.24 bits per heavy atom. The fourth-order valence-corrected chi connectivity index (χ4v) is 2.54. The van der Waals surface area contributed by atoms with Crippen molar-refractivity contribution in [1.29, 1.82) is 0 Å². The van der Waals surface area contributed by atoms with Crippen molar-refractivity contribution in [2.45, 2.75) is 38.8 Å². The summed E-state index contributed by atoms with van der Waals surface area (Å²) in [5, 5.41) is 3.63. The average molecular weight is 232 g/mol. The molecule has 1 unspecified atom stereocenters. The van der Waals surface area contributed by atoms with Gasteiger partial charge in [-0.3, -0.25) is 4.90 Å². The number of rotatable bonds is 5. The summed E-state index contributed by atoms with van der Waals surface area (Å²) in [6.45, 7) is 6.85. The summed E-state index contributed by atoms with van der Waals surface area (Å²) in [7, 11) is 0. The highest BCUT2D eigenvalue weighted by molar-refractivity contribution is 5.14. The number of nitrogens with zero attached hydrogens (tertiary/aromatic N) is 1. The number of benzene rings is 1. The zero-order chi connectivity index (χ0) is 11.9. The predicted octanol–water partition coefficient (Wildman–Crippen LogP) is 2.65. The minimum absolute atomic E-state index is 0.701. The lowest BCUT2D eigenvalue weighted by Crippen LogP contribution is -2.43. The molecule has 1 heterocycles. The van der Waals surface area contributed by atoms with Crippen LogP contribution >= 0.6 is 0 Å². The highest BCUT2D eigenvalue weighted by Gasteiger charge is 2.15. The van der Waals surface area contributed by atoms with Crippen LogP contribution in [0.15, 0.2) is 30.3 Å². The zero-order valence-corrected chi connectivity index (χ0v) is 10.9. The van der Waals surface area contributed by atoms with Crippen molar-refractivity contribution in [3.63, 3.8) is 0 Å². The van der Waals surface area contributed by atoms with Crippen molar-refractivity contribution in [2.24, 2.45) is 0 Å². The number of nitrogens with one attached hydrogen (secondary N) is 1. The molecule has 1 saturated heterocycles. The van der Waals surface area contributed by atoms with E-state index in [1.807, 2.05) is 0 Å². The maximum absolute atomic E-state index is 3.63. The van der Waals surface area contributed by atoms with Crippen LogP contribution in [0.25, 0.3) is 0 Å². The summed E-state index contributed by atoms with van der Waals surface area (Å²) in [4.78, 5) is 2.54. The Balaban J connectivity index is 1.83. The van der Waals surface area contributed by atoms with Gasteiger partial charge in [-0.2, -0.15) is 0 Å². The van der Waals surface area contributed by atoms with E-state index < -0.39 is 0 Å². The van der Waals surface area contributed by atoms with Gasteiger partial charge >= 0.3 is 0 Å². The summed E-state index contributed by atoms with van der Waals surface area (Å²) < 4.78 is 0. The van der Waals surface area contributed by atoms with Gasteiger partial charge < -0.3 is 5.32 Å². The first-order valence-electron chi connectivity index (χ1n) is 6.88. The zero-order valence-electron chi connectivity index (χ0n) is 10.9. The van der Waals surface area contributed by atoms with Crippen LogP contribution in [-0.2, 0) is 6.54 Å². The van der Waals surface area contributed by atoms with Gasteiger partial charge in [0, 0.05) is 19.1 Å². The Morgan fingerprint density at radius 2 is 2.06 bits per heavy atom. The third-order valence-electron chi connectivity index (χ3n) is 3.59. The van der Waals surface area contributed by atoms with E-state index in [1.165, 1.54) is 37.9 Å². The molecule has 0 amide bonds. The Labute approximate surface area is 105 Å². The molecule has 1 fully saturated rings. The number of hydrogen-bond acceptors (Lipinski definition) is 2. The summed E-state index contributed by atoms with van der Waals surface area (Å²) in [6, 6.07) is 11.5. The molecule has 1 aromatic carbocycles. The van der Waals surface area contributed by atoms with Gasteiger partial charge in [0.1, 0.15) is 0 Å². The fraction of sp³-hybridized carbons (Fsp3) is 0.600. The van der Waals surface area contributed by atoms with Crippen LogP contribution < -0.4 is 5.32 Å². The normalized spacial score (nSPS) is 20.7. The molecule has 2 rings (SSSR count). The predicted molar refractivity (Wildman–Crippen MR) is 73.0 cm³/mol. The lowest BCUT2D eigenvalue weighted by molar-refractivity contribution is 0.226. The molecule has 1 aliphatic heterocycles. The van der Waals surface area contributed by atoms with Crippen molar-refractivity contribution < 1.29 is 0 Å². The quantitative estimate of drug-likeness (QED) is 0.839. The van der Waals surface area contributed by atoms with E-state index in [0.29, 0.717) is 6.04 Å². The van der Waals surface area contributed by atoms with Gasteiger partial charge in [-0.1, -0.05) is 43.7 Å². The number of likely N-dealkylation sites (N-methyl/N-ethyl adjacent to an activating group) is 1. The Morgan fingerprint density at radius 3 is 2.71 bits per heavy atom. The van der Waals surface area contributed by atoms with Gasteiger partial charge in [-0.15, -0.1) is 0 Å². The third kappa shape index (κ3) is 4.14. The van der Waals surface area contributed by atoms with Crippen LogP contribution in [0.5, 0.6) is 0 Å². The Bertz CT molecular complexity index is 304. The second-order valence-electron chi connectivity index (χ2n) is 4.96. The molecule has 1 aromatic rings. The molecule has 2 nitrogen and oxygen atoms in total. The third-order valence-corrected chi connectivity index (χ3v) is 3.59. The second-order valence-corrected chi connectivity index (χ2v) is 4.96. The average Bonchev–Trinajstić information content (AvgIpc) is 2.40. The molecule has 0 spiro atoms. The summed E-state index contributed by atoms with van der Waals surface area (Å²) in [5.41, 5.74) is 1.42. The van der Waals surface area contributed by atoms with E-state index in [9.17, 15) is 0 Å². The highest BCUT2D eigenvalue weighted by Crippen LogP contribution is 2.10. The standard InChI is InChI=1S/C15H24N2/c1-2-17(12-14-8-4-3-5-9-14)13-15-10-6-7-11-16-15/h3-5,8-9,15-16H,2,6-7,10-13H2,1H3. The maximum atomic E-state index is 3.63. The minimum atomic E-state index is 0.701. The molecule has 1 N–H and O–H groups in total. The van der Waals surface area contributed by atoms with Gasteiger partial charge in [0.05, 0.1) is 0 Å². The number of piperidine rings is 1. The molecule has 0 saturated carbocycles. The Kier molecular flexibility index (Phi) is 5.02. The largest absolute Gasteiger partial charge is 0.313 e. The van der Waals surface area contributed by atoms with E-state index in [0.717, 1.165) is 13.1 Å². The van der Waals surface area contributed by atoms with Gasteiger partial charge in [-0.05, 0) is 31.5 Å². The smallest absolute Gasteiger partial charge is 0.0234 e. The van der Waals surface area contributed by atoms with Crippen LogP contribution in [0.2, 0.25) is 0 Å². The molecule has 0 bridgehead atoms. The van der Waals surface area contributed by atoms with Gasteiger partial charge in [-0.25, -0.2) is 0 Å². The van der Waals surface area contributed by atoms with E-state index in [-0.39, 0.29) is 0 Å². The lowest BCUT2D eigenvalue weighted by Gasteiger charge is -2.29. The topological polar surface area (TPSA) is 15.3 Å². The molecule has 17 heavy (non-hydrogen) atoms. The van der Waals surface area contributed by atoms with Crippen molar-refractivity contribution in [3.8, 4) is 0 Å². The first kappa shape index (κ1) is 12.6. The molecule has 2 heteroatoms. The van der Waals surface area contributed by atoms with Gasteiger partial charge in [0.25, 0.3) is 0 Å². The van der Waals surface area contributed by atoms with E-state index in [4.69, 9.17) is 0 Å².